The number of H-pyrrole nitrogens is 1. The summed E-state index contributed by atoms with van der Waals surface area (Å²) in [5.74, 6) is -0.259. The van der Waals surface area contributed by atoms with E-state index in [9.17, 15) is 4.79 Å². The van der Waals surface area contributed by atoms with E-state index in [-0.39, 0.29) is 12.1 Å². The smallest absolute Gasteiger partial charge is 0.341 e. The SMILES string of the molecule is Cc1cccc(C)c1C(C)OC(=O)c1c(C)[nH]c2ccc(CCN3CCCC3)cc12. The number of benzene rings is 2. The molecule has 3 aromatic rings. The van der Waals surface area contributed by atoms with Crippen LogP contribution in [0, 0.1) is 20.8 Å². The number of carbonyl (C=O) groups is 1. The first-order valence-corrected chi connectivity index (χ1v) is 11.0. The molecular formula is C26H32N2O2. The van der Waals surface area contributed by atoms with Crippen molar-refractivity contribution in [1.82, 2.24) is 9.88 Å². The normalized spacial score (nSPS) is 15.6. The van der Waals surface area contributed by atoms with Crippen LogP contribution in [-0.2, 0) is 11.2 Å². The number of esters is 1. The molecule has 1 atom stereocenters. The molecular weight excluding hydrogens is 372 g/mol. The van der Waals surface area contributed by atoms with Crippen molar-refractivity contribution in [2.24, 2.45) is 0 Å². The number of ether oxygens (including phenoxy) is 1. The number of nitrogens with one attached hydrogen (secondary N) is 1. The van der Waals surface area contributed by atoms with Crippen molar-refractivity contribution >= 4 is 16.9 Å². The van der Waals surface area contributed by atoms with Crippen LogP contribution in [0.2, 0.25) is 0 Å². The molecule has 0 spiro atoms. The largest absolute Gasteiger partial charge is 0.454 e. The zero-order valence-corrected chi connectivity index (χ0v) is 18.5. The van der Waals surface area contributed by atoms with E-state index in [0.29, 0.717) is 5.56 Å². The van der Waals surface area contributed by atoms with Crippen molar-refractivity contribution in [3.63, 3.8) is 0 Å². The van der Waals surface area contributed by atoms with E-state index < -0.39 is 0 Å². The maximum atomic E-state index is 13.2. The zero-order valence-electron chi connectivity index (χ0n) is 18.5. The number of nitrogens with zero attached hydrogens (tertiary/aromatic N) is 1. The maximum absolute atomic E-state index is 13.2. The Kier molecular flexibility index (Phi) is 5.96. The van der Waals surface area contributed by atoms with Crippen molar-refractivity contribution in [3.8, 4) is 0 Å². The Labute approximate surface area is 179 Å². The molecule has 0 saturated carbocycles. The molecule has 1 aliphatic heterocycles. The second kappa shape index (κ2) is 8.65. The van der Waals surface area contributed by atoms with Gasteiger partial charge in [0.2, 0.25) is 0 Å². The van der Waals surface area contributed by atoms with Gasteiger partial charge in [-0.2, -0.15) is 0 Å². The molecule has 1 aromatic heterocycles. The first-order chi connectivity index (χ1) is 14.4. The highest BCUT2D eigenvalue weighted by atomic mass is 16.5. The Morgan fingerprint density at radius 3 is 2.50 bits per heavy atom. The average molecular weight is 405 g/mol. The van der Waals surface area contributed by atoms with E-state index in [0.717, 1.165) is 46.3 Å². The molecule has 0 radical (unpaired) electrons. The third kappa shape index (κ3) is 4.15. The minimum Gasteiger partial charge on any atom is -0.454 e. The molecule has 1 N–H and O–H groups in total. The van der Waals surface area contributed by atoms with E-state index in [1.807, 2.05) is 19.9 Å². The van der Waals surface area contributed by atoms with Gasteiger partial charge >= 0.3 is 5.97 Å². The fraction of sp³-hybridized carbons (Fsp3) is 0.423. The highest BCUT2D eigenvalue weighted by Gasteiger charge is 2.22. The van der Waals surface area contributed by atoms with Gasteiger partial charge in [0.05, 0.1) is 5.56 Å². The molecule has 1 aliphatic rings. The minimum atomic E-state index is -0.290. The fourth-order valence-corrected chi connectivity index (χ4v) is 4.83. The Hall–Kier alpha value is -2.59. The highest BCUT2D eigenvalue weighted by molar-refractivity contribution is 6.05. The number of carbonyl (C=O) groups excluding carboxylic acids is 1. The van der Waals surface area contributed by atoms with Crippen LogP contribution in [0.1, 0.15) is 64.2 Å². The first kappa shape index (κ1) is 20.7. The van der Waals surface area contributed by atoms with Gasteiger partial charge in [0.25, 0.3) is 0 Å². The lowest BCUT2D eigenvalue weighted by molar-refractivity contribution is 0.0337. The summed E-state index contributed by atoms with van der Waals surface area (Å²) in [4.78, 5) is 19.1. The maximum Gasteiger partial charge on any atom is 0.341 e. The predicted octanol–water partition coefficient (Wildman–Crippen LogP) is 5.65. The van der Waals surface area contributed by atoms with E-state index in [1.165, 1.54) is 31.5 Å². The van der Waals surface area contributed by atoms with Gasteiger partial charge in [-0.15, -0.1) is 0 Å². The zero-order chi connectivity index (χ0) is 21.3. The van der Waals surface area contributed by atoms with Crippen molar-refractivity contribution < 1.29 is 9.53 Å². The van der Waals surface area contributed by atoms with Crippen LogP contribution in [-0.4, -0.2) is 35.5 Å². The number of hydrogen-bond acceptors (Lipinski definition) is 3. The minimum absolute atomic E-state index is 0.259. The second-order valence-electron chi connectivity index (χ2n) is 8.66. The fourth-order valence-electron chi connectivity index (χ4n) is 4.83. The molecule has 1 unspecified atom stereocenters. The molecule has 4 heteroatoms. The Balaban J connectivity index is 1.56. The van der Waals surface area contributed by atoms with Gasteiger partial charge in [0.15, 0.2) is 0 Å². The van der Waals surface area contributed by atoms with Crippen molar-refractivity contribution in [2.45, 2.75) is 53.1 Å². The van der Waals surface area contributed by atoms with Crippen molar-refractivity contribution in [1.29, 1.82) is 0 Å². The first-order valence-electron chi connectivity index (χ1n) is 11.0. The Morgan fingerprint density at radius 1 is 1.10 bits per heavy atom. The van der Waals surface area contributed by atoms with E-state index in [2.05, 4.69) is 54.1 Å². The summed E-state index contributed by atoms with van der Waals surface area (Å²) >= 11 is 0. The third-order valence-corrected chi connectivity index (χ3v) is 6.40. The second-order valence-corrected chi connectivity index (χ2v) is 8.66. The number of aryl methyl sites for hydroxylation is 3. The lowest BCUT2D eigenvalue weighted by Crippen LogP contribution is -2.21. The topological polar surface area (TPSA) is 45.3 Å². The number of aromatic nitrogens is 1. The third-order valence-electron chi connectivity index (χ3n) is 6.40. The molecule has 4 rings (SSSR count). The van der Waals surface area contributed by atoms with E-state index >= 15 is 0 Å². The van der Waals surface area contributed by atoms with E-state index in [1.54, 1.807) is 0 Å². The van der Waals surface area contributed by atoms with Gasteiger partial charge in [0, 0.05) is 23.1 Å². The van der Waals surface area contributed by atoms with E-state index in [4.69, 9.17) is 4.74 Å². The summed E-state index contributed by atoms with van der Waals surface area (Å²) in [6.07, 6.45) is 3.34. The molecule has 0 amide bonds. The molecule has 1 fully saturated rings. The lowest BCUT2D eigenvalue weighted by Gasteiger charge is -2.18. The van der Waals surface area contributed by atoms with Crippen LogP contribution in [0.3, 0.4) is 0 Å². The summed E-state index contributed by atoms with van der Waals surface area (Å²) in [7, 11) is 0. The Bertz CT molecular complexity index is 1040. The number of aromatic amines is 1. The highest BCUT2D eigenvalue weighted by Crippen LogP contribution is 2.29. The van der Waals surface area contributed by atoms with Crippen molar-refractivity contribution in [2.75, 3.05) is 19.6 Å². The number of hydrogen-bond donors (Lipinski definition) is 1. The summed E-state index contributed by atoms with van der Waals surface area (Å²) in [5.41, 5.74) is 7.17. The molecule has 2 heterocycles. The molecule has 1 saturated heterocycles. The van der Waals surface area contributed by atoms with Crippen LogP contribution in [0.4, 0.5) is 0 Å². The van der Waals surface area contributed by atoms with Gasteiger partial charge in [-0.05, 0) is 94.4 Å². The van der Waals surface area contributed by atoms with Gasteiger partial charge in [-0.3, -0.25) is 0 Å². The Morgan fingerprint density at radius 2 is 1.80 bits per heavy atom. The quantitative estimate of drug-likeness (QED) is 0.540. The van der Waals surface area contributed by atoms with Crippen LogP contribution in [0.5, 0.6) is 0 Å². The van der Waals surface area contributed by atoms with Crippen LogP contribution in [0.25, 0.3) is 10.9 Å². The van der Waals surface area contributed by atoms with Crippen LogP contribution in [0.15, 0.2) is 36.4 Å². The molecule has 0 aliphatic carbocycles. The van der Waals surface area contributed by atoms with Crippen LogP contribution < -0.4 is 0 Å². The summed E-state index contributed by atoms with van der Waals surface area (Å²) < 4.78 is 5.95. The van der Waals surface area contributed by atoms with Gasteiger partial charge in [-0.25, -0.2) is 4.79 Å². The molecule has 30 heavy (non-hydrogen) atoms. The molecule has 158 valence electrons. The lowest BCUT2D eigenvalue weighted by atomic mass is 9.99. The standard InChI is InChI=1S/C26H32N2O2/c1-17-8-7-9-18(2)24(17)20(4)30-26(29)25-19(3)27-23-11-10-21(16-22(23)25)12-15-28-13-5-6-14-28/h7-11,16,20,27H,5-6,12-15H2,1-4H3. The summed E-state index contributed by atoms with van der Waals surface area (Å²) in [6.45, 7) is 11.5. The van der Waals surface area contributed by atoms with Gasteiger partial charge < -0.3 is 14.6 Å². The summed E-state index contributed by atoms with van der Waals surface area (Å²) in [6, 6.07) is 12.6. The molecule has 4 nitrogen and oxygen atoms in total. The predicted molar refractivity (Wildman–Crippen MR) is 122 cm³/mol. The number of rotatable bonds is 6. The number of fused-ring (bicyclic) bond motifs is 1. The van der Waals surface area contributed by atoms with Gasteiger partial charge in [0.1, 0.15) is 6.10 Å². The number of likely N-dealkylation sites (tertiary alicyclic amines) is 1. The van der Waals surface area contributed by atoms with Gasteiger partial charge in [-0.1, -0.05) is 24.3 Å². The monoisotopic (exact) mass is 404 g/mol. The van der Waals surface area contributed by atoms with Crippen molar-refractivity contribution in [3.05, 3.63) is 69.9 Å². The molecule has 2 aromatic carbocycles. The molecule has 0 bridgehead atoms. The summed E-state index contributed by atoms with van der Waals surface area (Å²) in [5, 5.41) is 0.963. The average Bonchev–Trinajstić information content (AvgIpc) is 3.32. The van der Waals surface area contributed by atoms with Crippen LogP contribution >= 0.6 is 0 Å².